The molecule has 0 unspecified atom stereocenters. The molecule has 2 heterocycles. The van der Waals surface area contributed by atoms with Gasteiger partial charge < -0.3 is 5.32 Å². The van der Waals surface area contributed by atoms with Crippen molar-refractivity contribution >= 4 is 16.9 Å². The molecule has 3 aromatic rings. The quantitative estimate of drug-likeness (QED) is 0.793. The highest BCUT2D eigenvalue weighted by Gasteiger charge is 2.09. The van der Waals surface area contributed by atoms with Crippen LogP contribution >= 0.6 is 0 Å². The smallest absolute Gasteiger partial charge is 0.165 e. The first kappa shape index (κ1) is 13.5. The first-order valence-corrected chi connectivity index (χ1v) is 7.14. The van der Waals surface area contributed by atoms with Crippen LogP contribution in [0.1, 0.15) is 18.3 Å². The number of pyridine rings is 1. The Kier molecular flexibility index (Phi) is 3.52. The highest BCUT2D eigenvalue weighted by Crippen LogP contribution is 2.25. The van der Waals surface area contributed by atoms with Crippen molar-refractivity contribution in [3.05, 3.63) is 47.8 Å². The molecule has 0 aliphatic rings. The van der Waals surface area contributed by atoms with Gasteiger partial charge in [-0.15, -0.1) is 0 Å². The largest absolute Gasteiger partial charge is 0.370 e. The summed E-state index contributed by atoms with van der Waals surface area (Å²) in [5.74, 6) is 1.58. The van der Waals surface area contributed by atoms with E-state index in [1.165, 1.54) is 5.56 Å². The summed E-state index contributed by atoms with van der Waals surface area (Å²) in [6.07, 6.45) is 0. The van der Waals surface area contributed by atoms with Crippen molar-refractivity contribution in [2.75, 3.05) is 11.9 Å². The van der Waals surface area contributed by atoms with E-state index < -0.39 is 0 Å². The Bertz CT molecular complexity index is 796. The fourth-order valence-corrected chi connectivity index (χ4v) is 2.43. The number of hydrogen-bond acceptors (Lipinski definition) is 4. The Hall–Kier alpha value is -2.49. The molecule has 0 spiro atoms. The molecule has 0 bridgehead atoms. The second-order valence-electron chi connectivity index (χ2n) is 5.03. The maximum absolute atomic E-state index is 4.72. The SMILES string of the molecule is CCNc1nc(C)nc2nc(-c3ccccc3C)ccc12. The summed E-state index contributed by atoms with van der Waals surface area (Å²) in [4.78, 5) is 13.6. The number of nitrogens with zero attached hydrogens (tertiary/aromatic N) is 3. The summed E-state index contributed by atoms with van der Waals surface area (Å²) in [7, 11) is 0. The van der Waals surface area contributed by atoms with Gasteiger partial charge in [0.1, 0.15) is 11.6 Å². The highest BCUT2D eigenvalue weighted by molar-refractivity contribution is 5.88. The fraction of sp³-hybridized carbons (Fsp3) is 0.235. The number of rotatable bonds is 3. The lowest BCUT2D eigenvalue weighted by Gasteiger charge is -2.09. The minimum atomic E-state index is 0.730. The molecule has 0 fully saturated rings. The zero-order valence-electron chi connectivity index (χ0n) is 12.5. The normalized spacial score (nSPS) is 10.8. The molecule has 1 aromatic carbocycles. The minimum absolute atomic E-state index is 0.730. The van der Waals surface area contributed by atoms with Crippen LogP contribution in [-0.2, 0) is 0 Å². The van der Waals surface area contributed by atoms with Gasteiger partial charge in [0.15, 0.2) is 5.65 Å². The van der Waals surface area contributed by atoms with Crippen LogP contribution in [0.2, 0.25) is 0 Å². The van der Waals surface area contributed by atoms with E-state index in [0.717, 1.165) is 40.5 Å². The minimum Gasteiger partial charge on any atom is -0.370 e. The van der Waals surface area contributed by atoms with E-state index in [-0.39, 0.29) is 0 Å². The third-order valence-corrected chi connectivity index (χ3v) is 3.44. The van der Waals surface area contributed by atoms with Crippen molar-refractivity contribution in [1.29, 1.82) is 0 Å². The second kappa shape index (κ2) is 5.48. The summed E-state index contributed by atoms with van der Waals surface area (Å²) >= 11 is 0. The molecule has 1 N–H and O–H groups in total. The average Bonchev–Trinajstić information content (AvgIpc) is 2.47. The van der Waals surface area contributed by atoms with Crippen LogP contribution in [-0.4, -0.2) is 21.5 Å². The number of benzene rings is 1. The Morgan fingerprint density at radius 2 is 1.76 bits per heavy atom. The van der Waals surface area contributed by atoms with Crippen molar-refractivity contribution in [2.24, 2.45) is 0 Å². The van der Waals surface area contributed by atoms with Crippen LogP contribution in [0.5, 0.6) is 0 Å². The molecule has 0 radical (unpaired) electrons. The molecule has 0 saturated carbocycles. The molecular formula is C17H18N4. The van der Waals surface area contributed by atoms with Crippen molar-refractivity contribution in [3.63, 3.8) is 0 Å². The van der Waals surface area contributed by atoms with Crippen LogP contribution < -0.4 is 5.32 Å². The highest BCUT2D eigenvalue weighted by atomic mass is 15.0. The van der Waals surface area contributed by atoms with Crippen LogP contribution in [0, 0.1) is 13.8 Å². The number of anilines is 1. The van der Waals surface area contributed by atoms with Gasteiger partial charge in [0.05, 0.1) is 11.1 Å². The maximum atomic E-state index is 4.72. The van der Waals surface area contributed by atoms with Gasteiger partial charge >= 0.3 is 0 Å². The van der Waals surface area contributed by atoms with Gasteiger partial charge in [-0.25, -0.2) is 15.0 Å². The zero-order chi connectivity index (χ0) is 14.8. The lowest BCUT2D eigenvalue weighted by molar-refractivity contribution is 1.05. The van der Waals surface area contributed by atoms with Crippen LogP contribution in [0.15, 0.2) is 36.4 Å². The molecular weight excluding hydrogens is 260 g/mol. The Labute approximate surface area is 124 Å². The van der Waals surface area contributed by atoms with Crippen molar-refractivity contribution in [2.45, 2.75) is 20.8 Å². The summed E-state index contributed by atoms with van der Waals surface area (Å²) in [6, 6.07) is 12.3. The van der Waals surface area contributed by atoms with Gasteiger partial charge in [-0.2, -0.15) is 0 Å². The molecule has 4 nitrogen and oxygen atoms in total. The average molecular weight is 278 g/mol. The summed E-state index contributed by atoms with van der Waals surface area (Å²) in [6.45, 7) is 6.86. The lowest BCUT2D eigenvalue weighted by Crippen LogP contribution is -2.04. The zero-order valence-corrected chi connectivity index (χ0v) is 12.5. The van der Waals surface area contributed by atoms with Gasteiger partial charge in [-0.3, -0.25) is 0 Å². The Morgan fingerprint density at radius 3 is 2.52 bits per heavy atom. The van der Waals surface area contributed by atoms with E-state index in [1.54, 1.807) is 0 Å². The van der Waals surface area contributed by atoms with Gasteiger partial charge in [0.25, 0.3) is 0 Å². The second-order valence-corrected chi connectivity index (χ2v) is 5.03. The molecule has 3 rings (SSSR count). The van der Waals surface area contributed by atoms with Crippen molar-refractivity contribution in [3.8, 4) is 11.3 Å². The fourth-order valence-electron chi connectivity index (χ4n) is 2.43. The maximum Gasteiger partial charge on any atom is 0.165 e. The molecule has 0 saturated heterocycles. The topological polar surface area (TPSA) is 50.7 Å². The van der Waals surface area contributed by atoms with E-state index in [0.29, 0.717) is 0 Å². The predicted molar refractivity (Wildman–Crippen MR) is 86.4 cm³/mol. The van der Waals surface area contributed by atoms with E-state index in [1.807, 2.05) is 31.2 Å². The van der Waals surface area contributed by atoms with Gasteiger partial charge in [0, 0.05) is 12.1 Å². The molecule has 21 heavy (non-hydrogen) atoms. The van der Waals surface area contributed by atoms with Crippen LogP contribution in [0.4, 0.5) is 5.82 Å². The molecule has 0 amide bonds. The number of aromatic nitrogens is 3. The molecule has 0 atom stereocenters. The molecule has 4 heteroatoms. The third-order valence-electron chi connectivity index (χ3n) is 3.44. The number of nitrogens with one attached hydrogen (secondary N) is 1. The van der Waals surface area contributed by atoms with Crippen LogP contribution in [0.3, 0.4) is 0 Å². The number of fused-ring (bicyclic) bond motifs is 1. The van der Waals surface area contributed by atoms with Gasteiger partial charge in [-0.1, -0.05) is 24.3 Å². The predicted octanol–water partition coefficient (Wildman–Crippen LogP) is 3.74. The number of aryl methyl sites for hydroxylation is 2. The summed E-state index contributed by atoms with van der Waals surface area (Å²) in [5.41, 5.74) is 4.03. The Morgan fingerprint density at radius 1 is 0.952 bits per heavy atom. The molecule has 0 aliphatic heterocycles. The van der Waals surface area contributed by atoms with E-state index in [9.17, 15) is 0 Å². The van der Waals surface area contributed by atoms with Gasteiger partial charge in [0.2, 0.25) is 0 Å². The van der Waals surface area contributed by atoms with Crippen molar-refractivity contribution < 1.29 is 0 Å². The molecule has 106 valence electrons. The summed E-state index contributed by atoms with van der Waals surface area (Å²) < 4.78 is 0. The summed E-state index contributed by atoms with van der Waals surface area (Å²) in [5, 5.41) is 4.23. The van der Waals surface area contributed by atoms with Crippen LogP contribution in [0.25, 0.3) is 22.3 Å². The molecule has 0 aliphatic carbocycles. The van der Waals surface area contributed by atoms with Crippen molar-refractivity contribution in [1.82, 2.24) is 15.0 Å². The third kappa shape index (κ3) is 2.57. The standard InChI is InChI=1S/C17H18N4/c1-4-18-16-14-9-10-15(13-8-6-5-7-11(13)2)21-17(14)20-12(3)19-16/h5-10H,4H2,1-3H3,(H,18,19,20,21). The monoisotopic (exact) mass is 278 g/mol. The van der Waals surface area contributed by atoms with E-state index in [2.05, 4.69) is 41.3 Å². The Balaban J connectivity index is 2.19. The van der Waals surface area contributed by atoms with E-state index in [4.69, 9.17) is 4.98 Å². The number of hydrogen-bond donors (Lipinski definition) is 1. The first-order valence-electron chi connectivity index (χ1n) is 7.14. The van der Waals surface area contributed by atoms with E-state index >= 15 is 0 Å². The lowest BCUT2D eigenvalue weighted by atomic mass is 10.1. The molecule has 2 aromatic heterocycles. The first-order chi connectivity index (χ1) is 10.2. The van der Waals surface area contributed by atoms with Gasteiger partial charge in [-0.05, 0) is 38.5 Å².